The topological polar surface area (TPSA) is 55.1 Å². The number of aryl methyl sites for hydroxylation is 1. The summed E-state index contributed by atoms with van der Waals surface area (Å²) in [6.07, 6.45) is 0.934. The summed E-state index contributed by atoms with van der Waals surface area (Å²) in [7, 11) is 0. The highest BCUT2D eigenvalue weighted by Crippen LogP contribution is 2.15. The third-order valence-corrected chi connectivity index (χ3v) is 2.01. The van der Waals surface area contributed by atoms with Gasteiger partial charge in [0.15, 0.2) is 0 Å². The molecule has 1 amide bonds. The molecule has 90 valence electrons. The molecular formula is C11H16ClFN2O. The van der Waals surface area contributed by atoms with E-state index in [-0.39, 0.29) is 24.0 Å². The Morgan fingerprint density at radius 1 is 1.50 bits per heavy atom. The van der Waals surface area contributed by atoms with Gasteiger partial charge in [0.1, 0.15) is 5.82 Å². The molecule has 0 aliphatic rings. The molecule has 3 N–H and O–H groups in total. The van der Waals surface area contributed by atoms with Crippen molar-refractivity contribution < 1.29 is 9.18 Å². The van der Waals surface area contributed by atoms with Gasteiger partial charge in [-0.15, -0.1) is 12.4 Å². The Labute approximate surface area is 101 Å². The predicted octanol–water partition coefficient (Wildman–Crippen LogP) is 2.23. The van der Waals surface area contributed by atoms with Crippen molar-refractivity contribution in [1.82, 2.24) is 0 Å². The predicted molar refractivity (Wildman–Crippen MR) is 65.3 cm³/mol. The lowest BCUT2D eigenvalue weighted by Crippen LogP contribution is -2.14. The molecule has 16 heavy (non-hydrogen) atoms. The van der Waals surface area contributed by atoms with Crippen molar-refractivity contribution >= 4 is 24.0 Å². The van der Waals surface area contributed by atoms with E-state index in [9.17, 15) is 9.18 Å². The van der Waals surface area contributed by atoms with Crippen LogP contribution < -0.4 is 11.1 Å². The lowest BCUT2D eigenvalue weighted by molar-refractivity contribution is -0.116. The highest BCUT2D eigenvalue weighted by atomic mass is 35.5. The van der Waals surface area contributed by atoms with Crippen molar-refractivity contribution in [3.8, 4) is 0 Å². The molecule has 0 atom stereocenters. The minimum absolute atomic E-state index is 0. The van der Waals surface area contributed by atoms with Crippen LogP contribution in [0.5, 0.6) is 0 Å². The van der Waals surface area contributed by atoms with Gasteiger partial charge in [0, 0.05) is 6.42 Å². The molecule has 0 radical (unpaired) electrons. The van der Waals surface area contributed by atoms with Crippen LogP contribution in [0.3, 0.4) is 0 Å². The quantitative estimate of drug-likeness (QED) is 0.856. The maximum absolute atomic E-state index is 13.3. The average molecular weight is 247 g/mol. The van der Waals surface area contributed by atoms with Crippen molar-refractivity contribution in [2.45, 2.75) is 19.8 Å². The molecule has 0 saturated heterocycles. The average Bonchev–Trinajstić information content (AvgIpc) is 2.19. The zero-order valence-corrected chi connectivity index (χ0v) is 9.94. The van der Waals surface area contributed by atoms with Gasteiger partial charge in [-0.1, -0.05) is 6.07 Å². The minimum atomic E-state index is -0.406. The molecule has 0 fully saturated rings. The Bertz CT molecular complexity index is 358. The number of rotatable bonds is 4. The van der Waals surface area contributed by atoms with Crippen LogP contribution in [-0.4, -0.2) is 12.5 Å². The normalized spacial score (nSPS) is 9.44. The lowest BCUT2D eigenvalue weighted by Gasteiger charge is -2.06. The number of benzene rings is 1. The van der Waals surface area contributed by atoms with E-state index in [1.54, 1.807) is 19.1 Å². The van der Waals surface area contributed by atoms with E-state index in [0.717, 1.165) is 5.56 Å². The zero-order valence-electron chi connectivity index (χ0n) is 9.13. The molecule has 0 aliphatic carbocycles. The molecule has 3 nitrogen and oxygen atoms in total. The third kappa shape index (κ3) is 4.59. The number of nitrogens with one attached hydrogen (secondary N) is 1. The first-order chi connectivity index (χ1) is 7.13. The molecule has 0 heterocycles. The second kappa shape index (κ2) is 7.19. The zero-order chi connectivity index (χ0) is 11.3. The Balaban J connectivity index is 0.00000225. The Morgan fingerprint density at radius 3 is 2.75 bits per heavy atom. The van der Waals surface area contributed by atoms with Gasteiger partial charge in [-0.05, 0) is 37.6 Å². The van der Waals surface area contributed by atoms with Crippen molar-refractivity contribution in [3.05, 3.63) is 29.6 Å². The van der Waals surface area contributed by atoms with Crippen LogP contribution in [0.1, 0.15) is 18.4 Å². The number of hydrogen-bond acceptors (Lipinski definition) is 2. The second-order valence-corrected chi connectivity index (χ2v) is 3.42. The summed E-state index contributed by atoms with van der Waals surface area (Å²) in [5.74, 6) is -0.612. The standard InChI is InChI=1S/C11H15FN2O.ClH/c1-8-4-5-10(9(12)7-8)14-11(15)3-2-6-13;/h4-5,7H,2-3,6,13H2,1H3,(H,14,15);1H. The van der Waals surface area contributed by atoms with Gasteiger partial charge in [0.2, 0.25) is 5.91 Å². The number of carbonyl (C=O) groups excluding carboxylic acids is 1. The van der Waals surface area contributed by atoms with Gasteiger partial charge in [0.05, 0.1) is 5.69 Å². The lowest BCUT2D eigenvalue weighted by atomic mass is 10.2. The first-order valence-electron chi connectivity index (χ1n) is 4.89. The van der Waals surface area contributed by atoms with Crippen LogP contribution in [0, 0.1) is 12.7 Å². The molecule has 1 aromatic carbocycles. The summed E-state index contributed by atoms with van der Waals surface area (Å²) in [4.78, 5) is 11.3. The molecule has 1 rings (SSSR count). The summed E-state index contributed by atoms with van der Waals surface area (Å²) in [6.45, 7) is 2.26. The summed E-state index contributed by atoms with van der Waals surface area (Å²) < 4.78 is 13.3. The van der Waals surface area contributed by atoms with Crippen LogP contribution >= 0.6 is 12.4 Å². The number of carbonyl (C=O) groups is 1. The number of hydrogen-bond donors (Lipinski definition) is 2. The van der Waals surface area contributed by atoms with Crippen LogP contribution in [0.4, 0.5) is 10.1 Å². The van der Waals surface area contributed by atoms with Crippen LogP contribution in [0.2, 0.25) is 0 Å². The molecule has 0 aliphatic heterocycles. The van der Waals surface area contributed by atoms with E-state index in [2.05, 4.69) is 5.32 Å². The largest absolute Gasteiger partial charge is 0.330 e. The molecule has 0 saturated carbocycles. The highest BCUT2D eigenvalue weighted by Gasteiger charge is 2.06. The fourth-order valence-corrected chi connectivity index (χ4v) is 1.20. The van der Waals surface area contributed by atoms with Gasteiger partial charge in [0.25, 0.3) is 0 Å². The van der Waals surface area contributed by atoms with Gasteiger partial charge < -0.3 is 11.1 Å². The SMILES string of the molecule is Cc1ccc(NC(=O)CCCN)c(F)c1.Cl. The second-order valence-electron chi connectivity index (χ2n) is 3.42. The van der Waals surface area contributed by atoms with E-state index in [4.69, 9.17) is 5.73 Å². The summed E-state index contributed by atoms with van der Waals surface area (Å²) in [5, 5.41) is 2.50. The fraction of sp³-hybridized carbons (Fsp3) is 0.364. The van der Waals surface area contributed by atoms with Gasteiger partial charge in [-0.25, -0.2) is 4.39 Å². The number of amides is 1. The van der Waals surface area contributed by atoms with Crippen molar-refractivity contribution in [3.63, 3.8) is 0 Å². The van der Waals surface area contributed by atoms with E-state index in [0.29, 0.717) is 19.4 Å². The molecule has 1 aromatic rings. The Hall–Kier alpha value is -1.13. The van der Waals surface area contributed by atoms with E-state index < -0.39 is 5.82 Å². The first-order valence-corrected chi connectivity index (χ1v) is 4.89. The maximum Gasteiger partial charge on any atom is 0.224 e. The smallest absolute Gasteiger partial charge is 0.224 e. The molecular weight excluding hydrogens is 231 g/mol. The highest BCUT2D eigenvalue weighted by molar-refractivity contribution is 5.90. The fourth-order valence-electron chi connectivity index (χ4n) is 1.20. The van der Waals surface area contributed by atoms with E-state index >= 15 is 0 Å². The molecule has 0 unspecified atom stereocenters. The molecule has 0 spiro atoms. The first kappa shape index (κ1) is 14.9. The molecule has 5 heteroatoms. The Morgan fingerprint density at radius 2 is 2.19 bits per heavy atom. The summed E-state index contributed by atoms with van der Waals surface area (Å²) in [6, 6.07) is 4.70. The molecule has 0 aromatic heterocycles. The minimum Gasteiger partial charge on any atom is -0.330 e. The summed E-state index contributed by atoms with van der Waals surface area (Å²) >= 11 is 0. The number of anilines is 1. The van der Waals surface area contributed by atoms with Crippen LogP contribution in [0.25, 0.3) is 0 Å². The van der Waals surface area contributed by atoms with Crippen molar-refractivity contribution in [2.24, 2.45) is 5.73 Å². The maximum atomic E-state index is 13.3. The van der Waals surface area contributed by atoms with Crippen molar-refractivity contribution in [1.29, 1.82) is 0 Å². The van der Waals surface area contributed by atoms with Gasteiger partial charge in [-0.3, -0.25) is 4.79 Å². The monoisotopic (exact) mass is 246 g/mol. The van der Waals surface area contributed by atoms with E-state index in [1.165, 1.54) is 6.07 Å². The van der Waals surface area contributed by atoms with Crippen LogP contribution in [0.15, 0.2) is 18.2 Å². The number of halogens is 2. The number of nitrogens with two attached hydrogens (primary N) is 1. The van der Waals surface area contributed by atoms with E-state index in [1.807, 2.05) is 0 Å². The molecule has 0 bridgehead atoms. The van der Waals surface area contributed by atoms with Gasteiger partial charge >= 0.3 is 0 Å². The van der Waals surface area contributed by atoms with Gasteiger partial charge in [-0.2, -0.15) is 0 Å². The van der Waals surface area contributed by atoms with Crippen LogP contribution in [-0.2, 0) is 4.79 Å². The van der Waals surface area contributed by atoms with Crippen molar-refractivity contribution in [2.75, 3.05) is 11.9 Å². The Kier molecular flexibility index (Phi) is 6.69. The summed E-state index contributed by atoms with van der Waals surface area (Å²) in [5.41, 5.74) is 6.32. The third-order valence-electron chi connectivity index (χ3n) is 2.01.